The third-order valence-electron chi connectivity index (χ3n) is 6.22. The van der Waals surface area contributed by atoms with Crippen molar-refractivity contribution in [3.05, 3.63) is 65.6 Å². The lowest BCUT2D eigenvalue weighted by atomic mass is 9.89. The molecule has 0 spiro atoms. The fourth-order valence-electron chi connectivity index (χ4n) is 4.17. The topological polar surface area (TPSA) is 164 Å². The van der Waals surface area contributed by atoms with Crippen LogP contribution in [0, 0.1) is 18.7 Å². The van der Waals surface area contributed by atoms with Crippen LogP contribution in [0.25, 0.3) is 0 Å². The molecule has 1 aromatic heterocycles. The maximum atomic E-state index is 14.4. The monoisotopic (exact) mass is 562 g/mol. The van der Waals surface area contributed by atoms with Gasteiger partial charge in [0.2, 0.25) is 26.0 Å². The van der Waals surface area contributed by atoms with Crippen molar-refractivity contribution in [2.45, 2.75) is 24.7 Å². The van der Waals surface area contributed by atoms with E-state index in [1.54, 1.807) is 43.3 Å². The third kappa shape index (κ3) is 6.51. The van der Waals surface area contributed by atoms with Gasteiger partial charge in [0.25, 0.3) is 0 Å². The molecular formula is C24H27FN6O5S2. The Hall–Kier alpha value is -3.46. The highest BCUT2D eigenvalue weighted by Crippen LogP contribution is 2.26. The molecule has 0 amide bonds. The summed E-state index contributed by atoms with van der Waals surface area (Å²) in [5, 5.41) is 10.9. The Bertz CT molecular complexity index is 1570. The van der Waals surface area contributed by atoms with Crippen molar-refractivity contribution < 1.29 is 26.0 Å². The first-order valence-electron chi connectivity index (χ1n) is 11.6. The second-order valence-electron chi connectivity index (χ2n) is 9.04. The number of primary sulfonamides is 1. The smallest absolute Gasteiger partial charge is 0.238 e. The zero-order valence-corrected chi connectivity index (χ0v) is 22.3. The Morgan fingerprint density at radius 1 is 1.03 bits per heavy atom. The zero-order chi connectivity index (χ0) is 27.7. The van der Waals surface area contributed by atoms with Crippen molar-refractivity contribution >= 4 is 49.0 Å². The van der Waals surface area contributed by atoms with Crippen LogP contribution >= 0.6 is 0 Å². The number of rotatable bonds is 8. The van der Waals surface area contributed by atoms with E-state index in [1.807, 2.05) is 0 Å². The molecule has 0 atom stereocenters. The van der Waals surface area contributed by atoms with Crippen LogP contribution in [0.4, 0.5) is 27.5 Å². The van der Waals surface area contributed by atoms with Crippen LogP contribution < -0.4 is 15.8 Å². The minimum atomic E-state index is -3.93. The van der Waals surface area contributed by atoms with Gasteiger partial charge in [-0.2, -0.15) is 4.98 Å². The van der Waals surface area contributed by atoms with E-state index in [0.29, 0.717) is 48.4 Å². The number of nitrogens with one attached hydrogen (secondary N) is 2. The van der Waals surface area contributed by atoms with Crippen molar-refractivity contribution in [1.29, 1.82) is 0 Å². The van der Waals surface area contributed by atoms with E-state index in [-0.39, 0.29) is 28.4 Å². The van der Waals surface area contributed by atoms with Crippen LogP contribution in [0.15, 0.2) is 53.6 Å². The summed E-state index contributed by atoms with van der Waals surface area (Å²) < 4.78 is 62.7. The summed E-state index contributed by atoms with van der Waals surface area (Å²) in [5.74, 6) is -1.17. The fraction of sp³-hybridized carbons (Fsp3) is 0.292. The average Bonchev–Trinajstić information content (AvgIpc) is 2.86. The average molecular weight is 563 g/mol. The fourth-order valence-corrected chi connectivity index (χ4v) is 5.85. The van der Waals surface area contributed by atoms with Gasteiger partial charge in [0.1, 0.15) is 0 Å². The summed E-state index contributed by atoms with van der Waals surface area (Å²) in [4.78, 5) is 20.8. The molecule has 202 valence electrons. The van der Waals surface area contributed by atoms with Gasteiger partial charge in [-0.05, 0) is 61.7 Å². The number of piperidine rings is 1. The summed E-state index contributed by atoms with van der Waals surface area (Å²) in [5.41, 5.74) is 1.77. The molecule has 1 fully saturated rings. The summed E-state index contributed by atoms with van der Waals surface area (Å²) in [7, 11) is -7.20. The molecule has 2 heterocycles. The Morgan fingerprint density at radius 2 is 1.66 bits per heavy atom. The van der Waals surface area contributed by atoms with Crippen molar-refractivity contribution in [3.63, 3.8) is 0 Å². The minimum absolute atomic E-state index is 0.0188. The van der Waals surface area contributed by atoms with Crippen molar-refractivity contribution in [1.82, 2.24) is 14.3 Å². The van der Waals surface area contributed by atoms with E-state index in [9.17, 15) is 26.0 Å². The van der Waals surface area contributed by atoms with Gasteiger partial charge in [0, 0.05) is 35.9 Å². The molecule has 11 nitrogen and oxygen atoms in total. The number of aryl methyl sites for hydroxylation is 1. The van der Waals surface area contributed by atoms with Crippen LogP contribution in [-0.2, 0) is 20.0 Å². The molecule has 4 N–H and O–H groups in total. The van der Waals surface area contributed by atoms with E-state index in [2.05, 4.69) is 20.6 Å². The molecule has 0 saturated carbocycles. The lowest BCUT2D eigenvalue weighted by molar-refractivity contribution is 0.0875. The molecule has 0 bridgehead atoms. The predicted molar refractivity (Wildman–Crippen MR) is 141 cm³/mol. The first-order valence-corrected chi connectivity index (χ1v) is 15.0. The number of aromatic nitrogens is 2. The van der Waals surface area contributed by atoms with Crippen LogP contribution in [-0.4, -0.2) is 56.2 Å². The lowest BCUT2D eigenvalue weighted by Gasteiger charge is -2.29. The minimum Gasteiger partial charge on any atom is -0.338 e. The van der Waals surface area contributed by atoms with Gasteiger partial charge < -0.3 is 10.6 Å². The number of nitrogens with two attached hydrogens (primary N) is 1. The number of benzene rings is 2. The van der Waals surface area contributed by atoms with Crippen LogP contribution in [0.1, 0.15) is 28.8 Å². The number of carbonyl (C=O) groups excluding carboxylic acids is 1. The molecule has 3 aromatic rings. The molecule has 38 heavy (non-hydrogen) atoms. The Kier molecular flexibility index (Phi) is 7.78. The Morgan fingerprint density at radius 3 is 2.26 bits per heavy atom. The molecule has 0 radical (unpaired) electrons. The van der Waals surface area contributed by atoms with E-state index < -0.39 is 25.9 Å². The quantitative estimate of drug-likeness (QED) is 0.350. The second-order valence-corrected chi connectivity index (χ2v) is 12.6. The highest BCUT2D eigenvalue weighted by molar-refractivity contribution is 7.89. The number of carbonyl (C=O) groups is 1. The number of ketones is 1. The van der Waals surface area contributed by atoms with Crippen LogP contribution in [0.2, 0.25) is 0 Å². The van der Waals surface area contributed by atoms with Gasteiger partial charge in [-0.15, -0.1) is 0 Å². The number of sulfonamides is 2. The van der Waals surface area contributed by atoms with Gasteiger partial charge in [-0.3, -0.25) is 4.79 Å². The van der Waals surface area contributed by atoms with Crippen LogP contribution in [0.5, 0.6) is 0 Å². The Labute approximate surface area is 220 Å². The van der Waals surface area contributed by atoms with Crippen LogP contribution in [0.3, 0.4) is 0 Å². The first kappa shape index (κ1) is 27.6. The summed E-state index contributed by atoms with van der Waals surface area (Å²) in [6, 6.07) is 11.0. The van der Waals surface area contributed by atoms with E-state index >= 15 is 0 Å². The number of anilines is 4. The molecule has 1 aliphatic heterocycles. The largest absolute Gasteiger partial charge is 0.338 e. The number of Topliss-reactive ketones (excluding diaryl/α,β-unsaturated/α-hetero) is 1. The van der Waals surface area contributed by atoms with Gasteiger partial charge >= 0.3 is 0 Å². The van der Waals surface area contributed by atoms with E-state index in [4.69, 9.17) is 5.14 Å². The maximum absolute atomic E-state index is 14.4. The number of hydrogen-bond donors (Lipinski definition) is 3. The molecule has 0 unspecified atom stereocenters. The number of nitrogens with zero attached hydrogens (tertiary/aromatic N) is 3. The van der Waals surface area contributed by atoms with E-state index in [1.165, 1.54) is 10.4 Å². The molecule has 14 heteroatoms. The van der Waals surface area contributed by atoms with Crippen molar-refractivity contribution in [2.24, 2.45) is 11.1 Å². The molecule has 1 aliphatic rings. The van der Waals surface area contributed by atoms with Gasteiger partial charge in [-0.25, -0.2) is 35.7 Å². The van der Waals surface area contributed by atoms with E-state index in [0.717, 1.165) is 12.5 Å². The second kappa shape index (κ2) is 10.7. The van der Waals surface area contributed by atoms with Gasteiger partial charge in [-0.1, -0.05) is 6.07 Å². The summed E-state index contributed by atoms with van der Waals surface area (Å²) in [6.45, 7) is 2.23. The molecule has 4 rings (SSSR count). The zero-order valence-electron chi connectivity index (χ0n) is 20.7. The molecular weight excluding hydrogens is 535 g/mol. The SMILES string of the molecule is Cc1ccc(Nc2ncc(F)c(Nc3ccc(C(=O)C4CCN(S(C)(=O)=O)CC4)cc3)n2)cc1S(N)(=O)=O. The van der Waals surface area contributed by atoms with Gasteiger partial charge in [0.05, 0.1) is 17.3 Å². The molecule has 0 aliphatic carbocycles. The predicted octanol–water partition coefficient (Wildman–Crippen LogP) is 2.91. The standard InChI is InChI=1S/C24H27FN6O5S2/c1-15-3-6-19(13-21(15)38(26,35)36)29-24-27-14-20(25)23(30-24)28-18-7-4-16(5-8-18)22(32)17-9-11-31(12-10-17)37(2,33)34/h3-8,13-14,17H,9-12H2,1-2H3,(H2,26,35,36)(H2,27,28,29,30). The summed E-state index contributed by atoms with van der Waals surface area (Å²) in [6.07, 6.45) is 3.03. The lowest BCUT2D eigenvalue weighted by Crippen LogP contribution is -2.39. The number of hydrogen-bond acceptors (Lipinski definition) is 9. The van der Waals surface area contributed by atoms with Crippen molar-refractivity contribution in [2.75, 3.05) is 30.0 Å². The highest BCUT2D eigenvalue weighted by Gasteiger charge is 2.29. The normalized spacial score (nSPS) is 15.3. The van der Waals surface area contributed by atoms with Gasteiger partial charge in [0.15, 0.2) is 17.4 Å². The first-order chi connectivity index (χ1) is 17.8. The van der Waals surface area contributed by atoms with Crippen molar-refractivity contribution in [3.8, 4) is 0 Å². The maximum Gasteiger partial charge on any atom is 0.238 e. The molecule has 2 aromatic carbocycles. The third-order valence-corrected chi connectivity index (χ3v) is 8.58. The summed E-state index contributed by atoms with van der Waals surface area (Å²) >= 11 is 0. The number of halogens is 1. The molecule has 1 saturated heterocycles. The highest BCUT2D eigenvalue weighted by atomic mass is 32.2. The Balaban J connectivity index is 1.44.